The van der Waals surface area contributed by atoms with Gasteiger partial charge >= 0.3 is 0 Å². The van der Waals surface area contributed by atoms with Crippen LogP contribution in [0, 0.1) is 12.8 Å². The molecule has 134 valence electrons. The van der Waals surface area contributed by atoms with E-state index in [1.165, 1.54) is 0 Å². The van der Waals surface area contributed by atoms with E-state index in [9.17, 15) is 4.79 Å². The van der Waals surface area contributed by atoms with Crippen molar-refractivity contribution in [1.29, 1.82) is 0 Å². The molecule has 8 nitrogen and oxygen atoms in total. The Hall–Kier alpha value is -1.51. The van der Waals surface area contributed by atoms with Crippen molar-refractivity contribution in [3.05, 3.63) is 11.7 Å². The molecule has 2 aliphatic heterocycles. The highest BCUT2D eigenvalue weighted by Gasteiger charge is 2.37. The van der Waals surface area contributed by atoms with E-state index in [-0.39, 0.29) is 19.1 Å². The highest BCUT2D eigenvalue weighted by molar-refractivity contribution is 5.77. The lowest BCUT2D eigenvalue weighted by Gasteiger charge is -2.34. The van der Waals surface area contributed by atoms with Gasteiger partial charge in [-0.05, 0) is 12.8 Å². The Morgan fingerprint density at radius 3 is 2.79 bits per heavy atom. The summed E-state index contributed by atoms with van der Waals surface area (Å²) in [6.07, 6.45) is 1.08. The quantitative estimate of drug-likeness (QED) is 0.745. The van der Waals surface area contributed by atoms with Crippen LogP contribution in [0.2, 0.25) is 0 Å². The molecule has 1 amide bonds. The van der Waals surface area contributed by atoms with Crippen molar-refractivity contribution in [3.8, 4) is 0 Å². The lowest BCUT2D eigenvalue weighted by Crippen LogP contribution is -2.47. The predicted octanol–water partition coefficient (Wildman–Crippen LogP) is 0.464. The Kier molecular flexibility index (Phi) is 5.80. The van der Waals surface area contributed by atoms with Crippen LogP contribution in [0.1, 0.15) is 25.1 Å². The number of aromatic nitrogens is 2. The maximum Gasteiger partial charge on any atom is 0.252 e. The Bertz CT molecular complexity index is 544. The average Bonchev–Trinajstić information content (AvgIpc) is 3.22. The van der Waals surface area contributed by atoms with Crippen molar-refractivity contribution < 1.29 is 18.8 Å². The van der Waals surface area contributed by atoms with Crippen molar-refractivity contribution in [3.63, 3.8) is 0 Å². The second-order valence-electron chi connectivity index (χ2n) is 6.41. The number of morpholine rings is 1. The Balaban J connectivity index is 1.48. The second kappa shape index (κ2) is 8.04. The van der Waals surface area contributed by atoms with Gasteiger partial charge in [-0.1, -0.05) is 18.5 Å². The van der Waals surface area contributed by atoms with Crippen LogP contribution in [0.25, 0.3) is 0 Å². The first kappa shape index (κ1) is 17.3. The first-order valence-electron chi connectivity index (χ1n) is 8.64. The zero-order valence-electron chi connectivity index (χ0n) is 14.4. The molecule has 0 radical (unpaired) electrons. The number of carbonyl (C=O) groups is 1. The van der Waals surface area contributed by atoms with Crippen LogP contribution in [-0.2, 0) is 20.9 Å². The molecule has 1 aromatic rings. The molecule has 2 atom stereocenters. The summed E-state index contributed by atoms with van der Waals surface area (Å²) in [5, 5.41) is 3.70. The maximum atomic E-state index is 12.4. The Labute approximate surface area is 142 Å². The molecule has 0 spiro atoms. The van der Waals surface area contributed by atoms with E-state index in [1.54, 1.807) is 6.92 Å². The molecule has 2 fully saturated rings. The summed E-state index contributed by atoms with van der Waals surface area (Å²) in [6, 6.07) is 0.432. The zero-order chi connectivity index (χ0) is 16.9. The molecule has 2 saturated heterocycles. The number of hydrogen-bond acceptors (Lipinski definition) is 7. The van der Waals surface area contributed by atoms with E-state index in [2.05, 4.69) is 22.0 Å². The average molecular weight is 338 g/mol. The summed E-state index contributed by atoms with van der Waals surface area (Å²) in [5.41, 5.74) is 0. The number of amides is 1. The summed E-state index contributed by atoms with van der Waals surface area (Å²) in [7, 11) is 0. The summed E-state index contributed by atoms with van der Waals surface area (Å²) in [4.78, 5) is 20.9. The minimum Gasteiger partial charge on any atom is -0.379 e. The molecule has 8 heteroatoms. The van der Waals surface area contributed by atoms with Crippen LogP contribution in [-0.4, -0.2) is 77.9 Å². The lowest BCUT2D eigenvalue weighted by atomic mass is 9.99. The van der Waals surface area contributed by atoms with Gasteiger partial charge in [-0.25, -0.2) is 0 Å². The molecular weight excluding hydrogens is 312 g/mol. The summed E-state index contributed by atoms with van der Waals surface area (Å²) in [5.74, 6) is 1.52. The summed E-state index contributed by atoms with van der Waals surface area (Å²) < 4.78 is 15.8. The maximum absolute atomic E-state index is 12.4. The van der Waals surface area contributed by atoms with E-state index in [0.717, 1.165) is 45.8 Å². The molecular formula is C16H26N4O4. The summed E-state index contributed by atoms with van der Waals surface area (Å²) in [6.45, 7) is 9.23. The standard InChI is InChI=1S/C16H26N4O4/c1-3-13-8-20(9-14(13)19-4-6-22-7-5-19)16(21)11-23-10-15-17-12(2)18-24-15/h13-14H,3-11H2,1-2H3/t13-,14+/m0/s1. The number of hydrogen-bond donors (Lipinski definition) is 0. The van der Waals surface area contributed by atoms with Gasteiger partial charge in [-0.15, -0.1) is 0 Å². The molecule has 0 aromatic carbocycles. The number of likely N-dealkylation sites (tertiary alicyclic amines) is 1. The predicted molar refractivity (Wildman–Crippen MR) is 85.2 cm³/mol. The number of nitrogens with zero attached hydrogens (tertiary/aromatic N) is 4. The van der Waals surface area contributed by atoms with Gasteiger partial charge in [0.25, 0.3) is 5.89 Å². The number of ether oxygens (including phenoxy) is 2. The molecule has 1 aromatic heterocycles. The number of aryl methyl sites for hydroxylation is 1. The fraction of sp³-hybridized carbons (Fsp3) is 0.812. The third kappa shape index (κ3) is 4.12. The minimum atomic E-state index is 0.0282. The van der Waals surface area contributed by atoms with Crippen LogP contribution >= 0.6 is 0 Å². The van der Waals surface area contributed by atoms with E-state index in [0.29, 0.717) is 23.7 Å². The van der Waals surface area contributed by atoms with E-state index in [4.69, 9.17) is 14.0 Å². The molecule has 2 aliphatic rings. The number of carbonyl (C=O) groups excluding carboxylic acids is 1. The largest absolute Gasteiger partial charge is 0.379 e. The highest BCUT2D eigenvalue weighted by Crippen LogP contribution is 2.25. The van der Waals surface area contributed by atoms with Crippen molar-refractivity contribution in [2.45, 2.75) is 32.9 Å². The fourth-order valence-electron chi connectivity index (χ4n) is 3.50. The van der Waals surface area contributed by atoms with Gasteiger partial charge in [0.05, 0.1) is 13.2 Å². The van der Waals surface area contributed by atoms with Gasteiger partial charge in [-0.2, -0.15) is 4.98 Å². The van der Waals surface area contributed by atoms with Crippen molar-refractivity contribution >= 4 is 5.91 Å². The Morgan fingerprint density at radius 2 is 2.12 bits per heavy atom. The van der Waals surface area contributed by atoms with E-state index < -0.39 is 0 Å². The Morgan fingerprint density at radius 1 is 1.33 bits per heavy atom. The van der Waals surface area contributed by atoms with Gasteiger partial charge in [0.1, 0.15) is 13.2 Å². The molecule has 0 aliphatic carbocycles. The number of rotatable bonds is 6. The molecule has 0 saturated carbocycles. The van der Waals surface area contributed by atoms with Crippen LogP contribution in [0.15, 0.2) is 4.52 Å². The molecule has 24 heavy (non-hydrogen) atoms. The fourth-order valence-corrected chi connectivity index (χ4v) is 3.50. The van der Waals surface area contributed by atoms with Crippen LogP contribution < -0.4 is 0 Å². The van der Waals surface area contributed by atoms with Gasteiger partial charge < -0.3 is 18.9 Å². The normalized spacial score (nSPS) is 25.3. The topological polar surface area (TPSA) is 80.9 Å². The van der Waals surface area contributed by atoms with Crippen molar-refractivity contribution in [2.24, 2.45) is 5.92 Å². The van der Waals surface area contributed by atoms with Gasteiger partial charge in [0, 0.05) is 32.2 Å². The first-order valence-corrected chi connectivity index (χ1v) is 8.64. The monoisotopic (exact) mass is 338 g/mol. The lowest BCUT2D eigenvalue weighted by molar-refractivity contribution is -0.136. The minimum absolute atomic E-state index is 0.0282. The molecule has 3 heterocycles. The van der Waals surface area contributed by atoms with E-state index in [1.807, 2.05) is 4.90 Å². The zero-order valence-corrected chi connectivity index (χ0v) is 14.4. The van der Waals surface area contributed by atoms with E-state index >= 15 is 0 Å². The molecule has 0 N–H and O–H groups in total. The molecule has 3 rings (SSSR count). The van der Waals surface area contributed by atoms with Crippen LogP contribution in [0.5, 0.6) is 0 Å². The molecule has 0 unspecified atom stereocenters. The smallest absolute Gasteiger partial charge is 0.252 e. The first-order chi connectivity index (χ1) is 11.7. The van der Waals surface area contributed by atoms with Gasteiger partial charge in [0.2, 0.25) is 5.91 Å². The van der Waals surface area contributed by atoms with Crippen LogP contribution in [0.4, 0.5) is 0 Å². The van der Waals surface area contributed by atoms with Crippen LogP contribution in [0.3, 0.4) is 0 Å². The van der Waals surface area contributed by atoms with Gasteiger partial charge in [0.15, 0.2) is 5.82 Å². The third-order valence-corrected chi connectivity index (χ3v) is 4.82. The highest BCUT2D eigenvalue weighted by atomic mass is 16.5. The van der Waals surface area contributed by atoms with Crippen molar-refractivity contribution in [2.75, 3.05) is 46.0 Å². The second-order valence-corrected chi connectivity index (χ2v) is 6.41. The molecule has 0 bridgehead atoms. The SMILES string of the molecule is CC[C@H]1CN(C(=O)COCc2nc(C)no2)C[C@H]1N1CCOCC1. The van der Waals surface area contributed by atoms with Crippen molar-refractivity contribution in [1.82, 2.24) is 19.9 Å². The third-order valence-electron chi connectivity index (χ3n) is 4.82. The summed E-state index contributed by atoms with van der Waals surface area (Å²) >= 11 is 0. The van der Waals surface area contributed by atoms with Gasteiger partial charge in [-0.3, -0.25) is 9.69 Å².